The molecule has 104 valence electrons. The topological polar surface area (TPSA) is 52.6 Å². The molecule has 8 heteroatoms. The summed E-state index contributed by atoms with van der Waals surface area (Å²) in [5, 5.41) is 12.6. The van der Waals surface area contributed by atoms with Gasteiger partial charge in [0.25, 0.3) is 0 Å². The third-order valence-corrected chi connectivity index (χ3v) is 3.71. The van der Waals surface area contributed by atoms with Crippen LogP contribution in [0.1, 0.15) is 19.8 Å². The summed E-state index contributed by atoms with van der Waals surface area (Å²) >= 11 is 0. The second kappa shape index (κ2) is 3.80. The van der Waals surface area contributed by atoms with Crippen molar-refractivity contribution in [3.8, 4) is 0 Å². The van der Waals surface area contributed by atoms with Crippen LogP contribution in [-0.2, 0) is 4.79 Å². The predicted octanol–water partition coefficient (Wildman–Crippen LogP) is 0.560. The molecule has 2 rings (SSSR count). The Hall–Kier alpha value is -0.890. The lowest BCUT2D eigenvalue weighted by Gasteiger charge is -2.48. The highest BCUT2D eigenvalue weighted by molar-refractivity contribution is 5.80. The fraction of sp³-hybridized carbons (Fsp3) is 0.900. The van der Waals surface area contributed by atoms with Crippen molar-refractivity contribution in [1.82, 2.24) is 10.2 Å². The molecule has 18 heavy (non-hydrogen) atoms. The quantitative estimate of drug-likeness (QED) is 0.721. The van der Waals surface area contributed by atoms with Gasteiger partial charge >= 0.3 is 12.3 Å². The third kappa shape index (κ3) is 1.70. The second-order valence-electron chi connectivity index (χ2n) is 5.05. The summed E-state index contributed by atoms with van der Waals surface area (Å²) < 4.78 is 51.6. The molecule has 0 aromatic heterocycles. The van der Waals surface area contributed by atoms with Crippen LogP contribution in [0.5, 0.6) is 0 Å². The summed E-state index contributed by atoms with van der Waals surface area (Å²) in [6.07, 6.45) is -5.61. The Morgan fingerprint density at radius 2 is 2.11 bits per heavy atom. The molecule has 0 spiro atoms. The number of amides is 1. The number of carbonyl (C=O) groups is 1. The molecule has 1 amide bonds. The van der Waals surface area contributed by atoms with Gasteiger partial charge in [0.1, 0.15) is 5.60 Å². The fourth-order valence-corrected chi connectivity index (χ4v) is 2.75. The van der Waals surface area contributed by atoms with E-state index in [1.54, 1.807) is 0 Å². The Bertz CT molecular complexity index is 379. The van der Waals surface area contributed by atoms with E-state index in [1.165, 1.54) is 11.8 Å². The Labute approximate surface area is 101 Å². The lowest BCUT2D eigenvalue weighted by atomic mass is 9.79. The monoisotopic (exact) mass is 270 g/mol. The lowest BCUT2D eigenvalue weighted by molar-refractivity contribution is -0.262. The zero-order valence-corrected chi connectivity index (χ0v) is 9.72. The Morgan fingerprint density at radius 3 is 2.67 bits per heavy atom. The number of aliphatic hydroxyl groups is 1. The summed E-state index contributed by atoms with van der Waals surface area (Å²) in [6, 6.07) is 0. The van der Waals surface area contributed by atoms with Gasteiger partial charge in [-0.3, -0.25) is 10.1 Å². The van der Waals surface area contributed by atoms with Gasteiger partial charge in [-0.2, -0.15) is 8.78 Å². The maximum absolute atomic E-state index is 13.4. The smallest absolute Gasteiger partial charge is 0.335 e. The summed E-state index contributed by atoms with van der Waals surface area (Å²) in [4.78, 5) is 13.0. The Morgan fingerprint density at radius 1 is 1.50 bits per heavy atom. The first-order chi connectivity index (χ1) is 8.12. The lowest BCUT2D eigenvalue weighted by Crippen LogP contribution is -2.67. The minimum Gasteiger partial charge on any atom is -0.383 e. The highest BCUT2D eigenvalue weighted by Crippen LogP contribution is 2.46. The molecule has 0 bridgehead atoms. The standard InChI is InChI=1S/C10H14F4N2O2/c1-8-5-9(18,10(13,14)7(11)12)4-6(17)16(8)3-2-15-8/h7,15,18H,2-5H2,1H3/t8-,9+/m1/s1. The molecule has 0 saturated carbocycles. The number of hydrogen-bond donors (Lipinski definition) is 2. The molecule has 2 N–H and O–H groups in total. The first-order valence-electron chi connectivity index (χ1n) is 5.56. The molecule has 0 radical (unpaired) electrons. The second-order valence-corrected chi connectivity index (χ2v) is 5.05. The predicted molar refractivity (Wildman–Crippen MR) is 53.3 cm³/mol. The highest BCUT2D eigenvalue weighted by Gasteiger charge is 2.66. The average Bonchev–Trinajstić information content (AvgIpc) is 2.58. The molecule has 2 atom stereocenters. The van der Waals surface area contributed by atoms with Crippen molar-refractivity contribution in [1.29, 1.82) is 0 Å². The molecule has 2 aliphatic heterocycles. The first-order valence-corrected chi connectivity index (χ1v) is 5.56. The molecular formula is C10H14F4N2O2. The Balaban J connectivity index is 2.34. The van der Waals surface area contributed by atoms with Gasteiger partial charge < -0.3 is 10.0 Å². The molecule has 4 nitrogen and oxygen atoms in total. The zero-order valence-electron chi connectivity index (χ0n) is 9.72. The van der Waals surface area contributed by atoms with Crippen molar-refractivity contribution in [2.24, 2.45) is 0 Å². The number of alkyl halides is 4. The zero-order chi connectivity index (χ0) is 13.8. The highest BCUT2D eigenvalue weighted by atomic mass is 19.3. The number of fused-ring (bicyclic) bond motifs is 1. The normalized spacial score (nSPS) is 37.3. The number of carbonyl (C=O) groups excluding carboxylic acids is 1. The van der Waals surface area contributed by atoms with Gasteiger partial charge in [-0.1, -0.05) is 0 Å². The minimum absolute atomic E-state index is 0.325. The average molecular weight is 270 g/mol. The molecule has 0 aromatic rings. The van der Waals surface area contributed by atoms with E-state index in [0.717, 1.165) is 0 Å². The number of nitrogens with zero attached hydrogens (tertiary/aromatic N) is 1. The van der Waals surface area contributed by atoms with Crippen LogP contribution >= 0.6 is 0 Å². The summed E-state index contributed by atoms with van der Waals surface area (Å²) in [7, 11) is 0. The van der Waals surface area contributed by atoms with Crippen LogP contribution in [0.4, 0.5) is 17.6 Å². The van der Waals surface area contributed by atoms with E-state index in [0.29, 0.717) is 13.1 Å². The van der Waals surface area contributed by atoms with E-state index >= 15 is 0 Å². The van der Waals surface area contributed by atoms with Crippen LogP contribution in [0.3, 0.4) is 0 Å². The number of hydrogen-bond acceptors (Lipinski definition) is 3. The van der Waals surface area contributed by atoms with Crippen LogP contribution in [0, 0.1) is 0 Å². The molecule has 2 fully saturated rings. The molecular weight excluding hydrogens is 256 g/mol. The van der Waals surface area contributed by atoms with E-state index in [-0.39, 0.29) is 0 Å². The minimum atomic E-state index is -4.61. The Kier molecular flexibility index (Phi) is 2.86. The van der Waals surface area contributed by atoms with Crippen LogP contribution in [0.15, 0.2) is 0 Å². The van der Waals surface area contributed by atoms with E-state index in [1.807, 2.05) is 0 Å². The molecule has 2 saturated heterocycles. The van der Waals surface area contributed by atoms with Crippen LogP contribution in [-0.4, -0.2) is 52.6 Å². The number of rotatable bonds is 2. The van der Waals surface area contributed by atoms with Gasteiger partial charge in [-0.15, -0.1) is 0 Å². The van der Waals surface area contributed by atoms with Gasteiger partial charge in [0.05, 0.1) is 12.1 Å². The van der Waals surface area contributed by atoms with Crippen molar-refractivity contribution < 1.29 is 27.5 Å². The van der Waals surface area contributed by atoms with Gasteiger partial charge in [0, 0.05) is 19.5 Å². The number of nitrogens with one attached hydrogen (secondary N) is 1. The maximum Gasteiger partial charge on any atom is 0.335 e. The SMILES string of the molecule is C[C@]12C[C@](O)(C(F)(F)C(F)F)CC(=O)N1CCN2. The molecule has 0 aliphatic carbocycles. The van der Waals surface area contributed by atoms with Crippen molar-refractivity contribution in [2.75, 3.05) is 13.1 Å². The van der Waals surface area contributed by atoms with Crippen molar-refractivity contribution >= 4 is 5.91 Å². The van der Waals surface area contributed by atoms with E-state index in [4.69, 9.17) is 0 Å². The van der Waals surface area contributed by atoms with Crippen LogP contribution in [0.2, 0.25) is 0 Å². The van der Waals surface area contributed by atoms with E-state index < -0.39 is 42.4 Å². The van der Waals surface area contributed by atoms with Gasteiger partial charge in [0.2, 0.25) is 5.91 Å². The van der Waals surface area contributed by atoms with Crippen LogP contribution in [0.25, 0.3) is 0 Å². The van der Waals surface area contributed by atoms with Crippen molar-refractivity contribution in [3.63, 3.8) is 0 Å². The largest absolute Gasteiger partial charge is 0.383 e. The van der Waals surface area contributed by atoms with Crippen molar-refractivity contribution in [2.45, 2.75) is 43.4 Å². The van der Waals surface area contributed by atoms with E-state index in [9.17, 15) is 27.5 Å². The van der Waals surface area contributed by atoms with Gasteiger partial charge in [-0.25, -0.2) is 8.78 Å². The summed E-state index contributed by atoms with van der Waals surface area (Å²) in [5.74, 6) is -5.35. The third-order valence-electron chi connectivity index (χ3n) is 3.71. The summed E-state index contributed by atoms with van der Waals surface area (Å²) in [5.41, 5.74) is -4.21. The maximum atomic E-state index is 13.4. The van der Waals surface area contributed by atoms with Gasteiger partial charge in [0.15, 0.2) is 0 Å². The molecule has 2 heterocycles. The number of halogens is 4. The first kappa shape index (κ1) is 13.5. The van der Waals surface area contributed by atoms with Gasteiger partial charge in [-0.05, 0) is 6.92 Å². The van der Waals surface area contributed by atoms with E-state index in [2.05, 4.69) is 5.32 Å². The molecule has 2 aliphatic rings. The number of piperidine rings is 1. The van der Waals surface area contributed by atoms with Crippen LogP contribution < -0.4 is 5.32 Å². The van der Waals surface area contributed by atoms with Crippen molar-refractivity contribution in [3.05, 3.63) is 0 Å². The summed E-state index contributed by atoms with van der Waals surface area (Å²) in [6.45, 7) is 2.16. The molecule has 0 aromatic carbocycles. The fourth-order valence-electron chi connectivity index (χ4n) is 2.75. The molecule has 0 unspecified atom stereocenters.